The summed E-state index contributed by atoms with van der Waals surface area (Å²) in [6.07, 6.45) is 12.2. The minimum Gasteiger partial charge on any atom is -0.462 e. The summed E-state index contributed by atoms with van der Waals surface area (Å²) in [5.41, 5.74) is 3.73. The summed E-state index contributed by atoms with van der Waals surface area (Å²) in [5.74, 6) is 0.893. The van der Waals surface area contributed by atoms with Crippen LogP contribution in [0.5, 0.6) is 0 Å². The molecule has 26 heavy (non-hydrogen) atoms. The van der Waals surface area contributed by atoms with E-state index in [0.717, 1.165) is 37.7 Å². The molecule has 0 aliphatic heterocycles. The number of ether oxygens (including phenoxy) is 1. The fraction of sp³-hybridized carbons (Fsp3) is 0.625. The summed E-state index contributed by atoms with van der Waals surface area (Å²) in [7, 11) is 0. The Labute approximate surface area is 160 Å². The number of carbonyl (C=O) groups is 1. The van der Waals surface area contributed by atoms with E-state index < -0.39 is 0 Å². The third kappa shape index (κ3) is 6.63. The molecule has 1 aromatic carbocycles. The van der Waals surface area contributed by atoms with Crippen LogP contribution in [0.15, 0.2) is 35.9 Å². The Morgan fingerprint density at radius 2 is 1.92 bits per heavy atom. The smallest absolute Gasteiger partial charge is 0.333 e. The molecule has 0 spiro atoms. The molecule has 2 unspecified atom stereocenters. The number of benzene rings is 1. The van der Waals surface area contributed by atoms with Gasteiger partial charge in [0, 0.05) is 5.57 Å². The van der Waals surface area contributed by atoms with Crippen molar-refractivity contribution >= 4 is 5.97 Å². The van der Waals surface area contributed by atoms with Crippen LogP contribution in [0.3, 0.4) is 0 Å². The standard InChI is InChI=1S/C24H36O2/c1-4-6-7-9-20-10-12-21(13-11-20)22-14-16-23(17-15-22)24(25)26-18-19(3)8-5-2/h10-13,16,19,22H,4-9,14-15,17-18H2,1-3H3. The summed E-state index contributed by atoms with van der Waals surface area (Å²) < 4.78 is 5.49. The zero-order chi connectivity index (χ0) is 18.8. The van der Waals surface area contributed by atoms with Gasteiger partial charge in [0.15, 0.2) is 0 Å². The molecular formula is C24H36O2. The third-order valence-corrected chi connectivity index (χ3v) is 5.47. The van der Waals surface area contributed by atoms with Crippen molar-refractivity contribution in [1.82, 2.24) is 0 Å². The largest absolute Gasteiger partial charge is 0.462 e. The van der Waals surface area contributed by atoms with Crippen molar-refractivity contribution in [2.45, 2.75) is 84.5 Å². The van der Waals surface area contributed by atoms with Crippen LogP contribution in [0.4, 0.5) is 0 Å². The van der Waals surface area contributed by atoms with Gasteiger partial charge in [-0.2, -0.15) is 0 Å². The van der Waals surface area contributed by atoms with Gasteiger partial charge >= 0.3 is 5.97 Å². The molecule has 0 fully saturated rings. The van der Waals surface area contributed by atoms with Crippen molar-refractivity contribution in [3.63, 3.8) is 0 Å². The predicted octanol–water partition coefficient (Wildman–Crippen LogP) is 6.59. The Balaban J connectivity index is 1.81. The molecule has 0 radical (unpaired) electrons. The van der Waals surface area contributed by atoms with Gasteiger partial charge in [0.25, 0.3) is 0 Å². The second-order valence-corrected chi connectivity index (χ2v) is 7.89. The molecule has 2 atom stereocenters. The number of allylic oxidation sites excluding steroid dienone is 1. The van der Waals surface area contributed by atoms with Crippen molar-refractivity contribution < 1.29 is 9.53 Å². The summed E-state index contributed by atoms with van der Waals surface area (Å²) in [4.78, 5) is 12.2. The number of hydrogen-bond donors (Lipinski definition) is 0. The molecule has 2 rings (SSSR count). The van der Waals surface area contributed by atoms with Crippen LogP contribution in [-0.4, -0.2) is 12.6 Å². The molecule has 144 valence electrons. The lowest BCUT2D eigenvalue weighted by molar-refractivity contribution is -0.140. The Kier molecular flexibility index (Phi) is 8.94. The van der Waals surface area contributed by atoms with E-state index in [1.165, 1.54) is 36.8 Å². The van der Waals surface area contributed by atoms with Gasteiger partial charge in [-0.25, -0.2) is 4.79 Å². The minimum atomic E-state index is -0.0994. The highest BCUT2D eigenvalue weighted by atomic mass is 16.5. The lowest BCUT2D eigenvalue weighted by Crippen LogP contribution is -2.16. The van der Waals surface area contributed by atoms with E-state index in [1.807, 2.05) is 0 Å². The lowest BCUT2D eigenvalue weighted by Gasteiger charge is -2.22. The van der Waals surface area contributed by atoms with Crippen LogP contribution in [0, 0.1) is 5.92 Å². The number of rotatable bonds is 10. The molecular weight excluding hydrogens is 320 g/mol. The molecule has 0 aromatic heterocycles. The van der Waals surface area contributed by atoms with E-state index in [1.54, 1.807) is 0 Å². The van der Waals surface area contributed by atoms with Gasteiger partial charge < -0.3 is 4.74 Å². The summed E-state index contributed by atoms with van der Waals surface area (Å²) in [5, 5.41) is 0. The topological polar surface area (TPSA) is 26.3 Å². The fourth-order valence-corrected chi connectivity index (χ4v) is 3.74. The van der Waals surface area contributed by atoms with Gasteiger partial charge in [-0.3, -0.25) is 0 Å². The molecule has 1 aliphatic carbocycles. The number of esters is 1. The van der Waals surface area contributed by atoms with Crippen molar-refractivity contribution in [1.29, 1.82) is 0 Å². The van der Waals surface area contributed by atoms with Crippen molar-refractivity contribution in [3.05, 3.63) is 47.0 Å². The Bertz CT molecular complexity index is 570. The van der Waals surface area contributed by atoms with E-state index in [2.05, 4.69) is 51.1 Å². The fourth-order valence-electron chi connectivity index (χ4n) is 3.74. The zero-order valence-electron chi connectivity index (χ0n) is 16.9. The maximum Gasteiger partial charge on any atom is 0.333 e. The van der Waals surface area contributed by atoms with E-state index in [9.17, 15) is 4.79 Å². The van der Waals surface area contributed by atoms with Crippen LogP contribution in [0.1, 0.15) is 89.2 Å². The number of unbranched alkanes of at least 4 members (excludes halogenated alkanes) is 2. The quantitative estimate of drug-likeness (QED) is 0.349. The Hall–Kier alpha value is -1.57. The maximum atomic E-state index is 12.2. The first kappa shape index (κ1) is 20.7. The van der Waals surface area contributed by atoms with E-state index >= 15 is 0 Å². The maximum absolute atomic E-state index is 12.2. The monoisotopic (exact) mass is 356 g/mol. The third-order valence-electron chi connectivity index (χ3n) is 5.47. The highest BCUT2D eigenvalue weighted by Gasteiger charge is 2.21. The van der Waals surface area contributed by atoms with Gasteiger partial charge in [0.05, 0.1) is 6.61 Å². The summed E-state index contributed by atoms with van der Waals surface area (Å²) in [6, 6.07) is 9.15. The predicted molar refractivity (Wildman–Crippen MR) is 109 cm³/mol. The first-order valence-corrected chi connectivity index (χ1v) is 10.6. The molecule has 2 heteroatoms. The normalized spacial score (nSPS) is 18.3. The van der Waals surface area contributed by atoms with E-state index in [-0.39, 0.29) is 5.97 Å². The molecule has 0 N–H and O–H groups in total. The highest BCUT2D eigenvalue weighted by molar-refractivity contribution is 5.88. The molecule has 1 aliphatic rings. The summed E-state index contributed by atoms with van der Waals surface area (Å²) >= 11 is 0. The molecule has 0 saturated heterocycles. The van der Waals surface area contributed by atoms with Gasteiger partial charge in [-0.05, 0) is 61.5 Å². The highest BCUT2D eigenvalue weighted by Crippen LogP contribution is 2.32. The SMILES string of the molecule is CCCCCc1ccc(C2CC=C(C(=O)OCC(C)CCC)CC2)cc1. The van der Waals surface area contributed by atoms with Crippen LogP contribution in [0.2, 0.25) is 0 Å². The molecule has 0 heterocycles. The second-order valence-electron chi connectivity index (χ2n) is 7.89. The lowest BCUT2D eigenvalue weighted by atomic mass is 9.84. The summed E-state index contributed by atoms with van der Waals surface area (Å²) in [6.45, 7) is 7.11. The number of aryl methyl sites for hydroxylation is 1. The van der Waals surface area contributed by atoms with Crippen molar-refractivity contribution in [3.8, 4) is 0 Å². The average Bonchev–Trinajstić information content (AvgIpc) is 2.67. The van der Waals surface area contributed by atoms with Crippen molar-refractivity contribution in [2.24, 2.45) is 5.92 Å². The second kappa shape index (κ2) is 11.2. The van der Waals surface area contributed by atoms with Crippen molar-refractivity contribution in [2.75, 3.05) is 6.61 Å². The molecule has 1 aromatic rings. The number of carbonyl (C=O) groups excluding carboxylic acids is 1. The van der Waals surface area contributed by atoms with Crippen LogP contribution < -0.4 is 0 Å². The Morgan fingerprint density at radius 1 is 1.15 bits per heavy atom. The molecule has 0 bridgehead atoms. The van der Waals surface area contributed by atoms with Crippen LogP contribution in [-0.2, 0) is 16.0 Å². The van der Waals surface area contributed by atoms with E-state index in [0.29, 0.717) is 18.4 Å². The Morgan fingerprint density at radius 3 is 2.54 bits per heavy atom. The molecule has 2 nitrogen and oxygen atoms in total. The van der Waals surface area contributed by atoms with Crippen LogP contribution >= 0.6 is 0 Å². The average molecular weight is 357 g/mol. The van der Waals surface area contributed by atoms with Gasteiger partial charge in [0.2, 0.25) is 0 Å². The van der Waals surface area contributed by atoms with Gasteiger partial charge in [-0.15, -0.1) is 0 Å². The van der Waals surface area contributed by atoms with Gasteiger partial charge in [0.1, 0.15) is 0 Å². The van der Waals surface area contributed by atoms with E-state index in [4.69, 9.17) is 4.74 Å². The number of hydrogen-bond acceptors (Lipinski definition) is 2. The minimum absolute atomic E-state index is 0.0994. The first-order valence-electron chi connectivity index (χ1n) is 10.6. The van der Waals surface area contributed by atoms with Crippen LogP contribution in [0.25, 0.3) is 0 Å². The zero-order valence-corrected chi connectivity index (χ0v) is 16.9. The molecule has 0 saturated carbocycles. The van der Waals surface area contributed by atoms with Gasteiger partial charge in [-0.1, -0.05) is 70.4 Å². The first-order chi connectivity index (χ1) is 12.6. The molecule has 0 amide bonds.